The average Bonchev–Trinajstić information content (AvgIpc) is 1.96. The Morgan fingerprint density at radius 2 is 2.27 bits per heavy atom. The van der Waals surface area contributed by atoms with Crippen molar-refractivity contribution in [2.75, 3.05) is 13.2 Å². The number of hydrogen-bond acceptors (Lipinski definition) is 2. The average molecular weight is 180 g/mol. The van der Waals surface area contributed by atoms with Crippen LogP contribution in [0.2, 0.25) is 0 Å². The van der Waals surface area contributed by atoms with Gasteiger partial charge in [0.15, 0.2) is 0 Å². The maximum Gasteiger partial charge on any atom is 0.116 e. The minimum atomic E-state index is -0.0491. The molecule has 68 valence electrons. The molecule has 1 rings (SSSR count). The molecule has 1 heterocycles. The van der Waals surface area contributed by atoms with Gasteiger partial charge < -0.3 is 4.74 Å². The molecular formula is C8H18ClNO. The van der Waals surface area contributed by atoms with E-state index in [4.69, 9.17) is 4.74 Å². The van der Waals surface area contributed by atoms with Gasteiger partial charge in [0.05, 0.1) is 6.61 Å². The molecular weight excluding hydrogens is 162 g/mol. The first-order chi connectivity index (χ1) is 4.66. The molecule has 2 nitrogen and oxygen atoms in total. The van der Waals surface area contributed by atoms with E-state index >= 15 is 0 Å². The molecule has 0 spiro atoms. The predicted octanol–water partition coefficient (Wildman–Crippen LogP) is 1.79. The van der Waals surface area contributed by atoms with Crippen LogP contribution in [0.25, 0.3) is 0 Å². The summed E-state index contributed by atoms with van der Waals surface area (Å²) in [5.74, 6) is 0.666. The van der Waals surface area contributed by atoms with E-state index in [9.17, 15) is 0 Å². The molecule has 0 aromatic rings. The van der Waals surface area contributed by atoms with Gasteiger partial charge in [-0.25, -0.2) is 0 Å². The molecule has 0 aromatic heterocycles. The lowest BCUT2D eigenvalue weighted by Crippen LogP contribution is -2.51. The van der Waals surface area contributed by atoms with Crippen LogP contribution in [0.4, 0.5) is 0 Å². The molecule has 1 N–H and O–H groups in total. The van der Waals surface area contributed by atoms with Gasteiger partial charge in [-0.1, -0.05) is 13.8 Å². The van der Waals surface area contributed by atoms with Gasteiger partial charge in [-0.2, -0.15) is 0 Å². The first-order valence-electron chi connectivity index (χ1n) is 4.05. The summed E-state index contributed by atoms with van der Waals surface area (Å²) in [4.78, 5) is 0. The van der Waals surface area contributed by atoms with E-state index in [0.29, 0.717) is 5.92 Å². The summed E-state index contributed by atoms with van der Waals surface area (Å²) in [6.07, 6.45) is 1.04. The molecule has 1 saturated heterocycles. The van der Waals surface area contributed by atoms with Gasteiger partial charge >= 0.3 is 0 Å². The third kappa shape index (κ3) is 2.97. The summed E-state index contributed by atoms with van der Waals surface area (Å²) in [5.41, 5.74) is -0.0491. The molecule has 0 amide bonds. The quantitative estimate of drug-likeness (QED) is 0.663. The third-order valence-corrected chi connectivity index (χ3v) is 2.19. The molecule has 1 fully saturated rings. The fourth-order valence-electron chi connectivity index (χ4n) is 1.05. The van der Waals surface area contributed by atoms with Crippen LogP contribution < -0.4 is 5.32 Å². The molecule has 1 aliphatic rings. The van der Waals surface area contributed by atoms with Gasteiger partial charge in [0.2, 0.25) is 0 Å². The minimum Gasteiger partial charge on any atom is -0.361 e. The van der Waals surface area contributed by atoms with Crippen molar-refractivity contribution in [1.82, 2.24) is 5.32 Å². The van der Waals surface area contributed by atoms with Crippen LogP contribution in [-0.2, 0) is 4.74 Å². The van der Waals surface area contributed by atoms with Crippen LogP contribution in [0.1, 0.15) is 27.2 Å². The van der Waals surface area contributed by atoms with Gasteiger partial charge in [0.1, 0.15) is 5.72 Å². The largest absolute Gasteiger partial charge is 0.361 e. The van der Waals surface area contributed by atoms with Gasteiger partial charge in [-0.15, -0.1) is 12.4 Å². The highest BCUT2D eigenvalue weighted by molar-refractivity contribution is 5.85. The normalized spacial score (nSPS) is 37.9. The zero-order valence-electron chi connectivity index (χ0n) is 7.52. The first kappa shape index (κ1) is 11.2. The Hall–Kier alpha value is 0.210. The zero-order valence-corrected chi connectivity index (χ0v) is 8.33. The second-order valence-corrected chi connectivity index (χ2v) is 3.38. The highest BCUT2D eigenvalue weighted by atomic mass is 35.5. The zero-order chi connectivity index (χ0) is 7.61. The van der Waals surface area contributed by atoms with Gasteiger partial charge in [0.25, 0.3) is 0 Å². The second-order valence-electron chi connectivity index (χ2n) is 3.38. The maximum absolute atomic E-state index is 5.62. The predicted molar refractivity (Wildman–Crippen MR) is 49.1 cm³/mol. The van der Waals surface area contributed by atoms with Crippen molar-refractivity contribution < 1.29 is 4.74 Å². The van der Waals surface area contributed by atoms with Gasteiger partial charge in [-0.05, 0) is 19.3 Å². The summed E-state index contributed by atoms with van der Waals surface area (Å²) in [5, 5.41) is 3.37. The van der Waals surface area contributed by atoms with Crippen molar-refractivity contribution in [1.29, 1.82) is 0 Å². The molecule has 1 aliphatic heterocycles. The van der Waals surface area contributed by atoms with Gasteiger partial charge in [-0.3, -0.25) is 5.32 Å². The Morgan fingerprint density at radius 1 is 1.64 bits per heavy atom. The van der Waals surface area contributed by atoms with Crippen LogP contribution in [-0.4, -0.2) is 18.9 Å². The molecule has 0 bridgehead atoms. The number of nitrogens with one attached hydrogen (secondary N) is 1. The Kier molecular flexibility index (Phi) is 4.37. The summed E-state index contributed by atoms with van der Waals surface area (Å²) in [6.45, 7) is 8.44. The standard InChI is InChI=1S/C8H17NO.ClH/c1-4-8(3)9-5-7(2)6-10-8;/h7,9H,4-6H2,1-3H3;1H. The first-order valence-corrected chi connectivity index (χ1v) is 4.05. The van der Waals surface area contributed by atoms with Crippen LogP contribution >= 0.6 is 12.4 Å². The van der Waals surface area contributed by atoms with E-state index in [0.717, 1.165) is 19.6 Å². The minimum absolute atomic E-state index is 0. The lowest BCUT2D eigenvalue weighted by atomic mass is 10.1. The van der Waals surface area contributed by atoms with E-state index in [1.54, 1.807) is 0 Å². The molecule has 11 heavy (non-hydrogen) atoms. The van der Waals surface area contributed by atoms with Crippen LogP contribution in [0.15, 0.2) is 0 Å². The van der Waals surface area contributed by atoms with Crippen molar-refractivity contribution in [3.8, 4) is 0 Å². The van der Waals surface area contributed by atoms with Crippen molar-refractivity contribution in [3.05, 3.63) is 0 Å². The molecule has 2 atom stereocenters. The van der Waals surface area contributed by atoms with Crippen molar-refractivity contribution >= 4 is 12.4 Å². The lowest BCUT2D eigenvalue weighted by molar-refractivity contribution is -0.102. The Bertz CT molecular complexity index is 111. The van der Waals surface area contributed by atoms with Gasteiger partial charge in [0, 0.05) is 6.54 Å². The maximum atomic E-state index is 5.62. The van der Waals surface area contributed by atoms with E-state index < -0.39 is 0 Å². The van der Waals surface area contributed by atoms with E-state index in [1.807, 2.05) is 0 Å². The Labute approximate surface area is 75.1 Å². The molecule has 3 heteroatoms. The van der Waals surface area contributed by atoms with Crippen molar-refractivity contribution in [2.24, 2.45) is 5.92 Å². The smallest absolute Gasteiger partial charge is 0.116 e. The van der Waals surface area contributed by atoms with Crippen molar-refractivity contribution in [2.45, 2.75) is 32.9 Å². The van der Waals surface area contributed by atoms with Crippen LogP contribution in [0.3, 0.4) is 0 Å². The van der Waals surface area contributed by atoms with Crippen molar-refractivity contribution in [3.63, 3.8) is 0 Å². The fraction of sp³-hybridized carbons (Fsp3) is 1.00. The highest BCUT2D eigenvalue weighted by Gasteiger charge is 2.27. The third-order valence-electron chi connectivity index (χ3n) is 2.19. The second kappa shape index (κ2) is 4.29. The van der Waals surface area contributed by atoms with Crippen LogP contribution in [0, 0.1) is 5.92 Å². The Balaban J connectivity index is 0.000001000. The highest BCUT2D eigenvalue weighted by Crippen LogP contribution is 2.17. The summed E-state index contributed by atoms with van der Waals surface area (Å²) < 4.78 is 5.62. The van der Waals surface area contributed by atoms with Crippen LogP contribution in [0.5, 0.6) is 0 Å². The lowest BCUT2D eigenvalue weighted by Gasteiger charge is -2.37. The number of hydrogen-bond donors (Lipinski definition) is 1. The SMILES string of the molecule is CCC1(C)NCC(C)CO1.Cl. The monoisotopic (exact) mass is 179 g/mol. The molecule has 0 saturated carbocycles. The topological polar surface area (TPSA) is 21.3 Å². The number of rotatable bonds is 1. The fourth-order valence-corrected chi connectivity index (χ4v) is 1.05. The molecule has 0 radical (unpaired) electrons. The molecule has 0 aromatic carbocycles. The summed E-state index contributed by atoms with van der Waals surface area (Å²) in [7, 11) is 0. The number of halogens is 1. The summed E-state index contributed by atoms with van der Waals surface area (Å²) in [6, 6.07) is 0. The Morgan fingerprint density at radius 3 is 2.64 bits per heavy atom. The van der Waals surface area contributed by atoms with E-state index in [-0.39, 0.29) is 18.1 Å². The number of ether oxygens (including phenoxy) is 1. The van der Waals surface area contributed by atoms with E-state index in [2.05, 4.69) is 26.1 Å². The molecule has 0 aliphatic carbocycles. The summed E-state index contributed by atoms with van der Waals surface area (Å²) >= 11 is 0. The van der Waals surface area contributed by atoms with E-state index in [1.165, 1.54) is 0 Å². The molecule has 2 unspecified atom stereocenters.